The van der Waals surface area contributed by atoms with E-state index in [4.69, 9.17) is 4.42 Å². The standard InChI is InChI=1S/C46H29NOS/c1-2-13-34-30(11-1)12-9-20-42(34)47(33-26-23-31(24-27-33)36-17-10-18-40-39-16-5-8-22-45(39)49-46(36)40)41-19-6-3-14-35(41)32-25-28-38-37-15-4-7-21-43(37)48-44(38)29-32/h1-29H. The van der Waals surface area contributed by atoms with Crippen LogP contribution in [0.15, 0.2) is 180 Å². The van der Waals surface area contributed by atoms with E-state index in [1.165, 1.54) is 42.1 Å². The molecule has 2 aromatic heterocycles. The van der Waals surface area contributed by atoms with Gasteiger partial charge in [0.25, 0.3) is 0 Å². The Morgan fingerprint density at radius 3 is 1.96 bits per heavy atom. The highest BCUT2D eigenvalue weighted by molar-refractivity contribution is 7.26. The van der Waals surface area contributed by atoms with Gasteiger partial charge in [-0.15, -0.1) is 11.3 Å². The number of thiophene rings is 1. The van der Waals surface area contributed by atoms with E-state index >= 15 is 0 Å². The van der Waals surface area contributed by atoms with Crippen LogP contribution < -0.4 is 4.90 Å². The smallest absolute Gasteiger partial charge is 0.136 e. The van der Waals surface area contributed by atoms with E-state index in [-0.39, 0.29) is 0 Å². The number of furan rings is 1. The predicted octanol–water partition coefficient (Wildman–Crippen LogP) is 13.9. The minimum absolute atomic E-state index is 0.894. The summed E-state index contributed by atoms with van der Waals surface area (Å²) in [7, 11) is 0. The summed E-state index contributed by atoms with van der Waals surface area (Å²) in [5, 5.41) is 7.31. The van der Waals surface area contributed by atoms with Gasteiger partial charge in [-0.1, -0.05) is 127 Å². The van der Waals surface area contributed by atoms with Crippen molar-refractivity contribution < 1.29 is 4.42 Å². The molecule has 2 heterocycles. The number of hydrogen-bond acceptors (Lipinski definition) is 3. The molecule has 230 valence electrons. The van der Waals surface area contributed by atoms with Crippen molar-refractivity contribution in [3.05, 3.63) is 176 Å². The Bertz CT molecular complexity index is 2840. The third-order valence-corrected chi connectivity index (χ3v) is 10.9. The lowest BCUT2D eigenvalue weighted by molar-refractivity contribution is 0.669. The molecule has 10 aromatic rings. The van der Waals surface area contributed by atoms with Crippen molar-refractivity contribution in [2.75, 3.05) is 4.90 Å². The maximum atomic E-state index is 6.33. The van der Waals surface area contributed by atoms with E-state index in [1.54, 1.807) is 0 Å². The van der Waals surface area contributed by atoms with E-state index < -0.39 is 0 Å². The first-order valence-corrected chi connectivity index (χ1v) is 17.4. The van der Waals surface area contributed by atoms with Crippen molar-refractivity contribution >= 4 is 81.3 Å². The number of rotatable bonds is 5. The van der Waals surface area contributed by atoms with Gasteiger partial charge in [0.15, 0.2) is 0 Å². The van der Waals surface area contributed by atoms with E-state index in [9.17, 15) is 0 Å². The number of para-hydroxylation sites is 2. The second-order valence-corrected chi connectivity index (χ2v) is 13.5. The first-order valence-electron chi connectivity index (χ1n) is 16.6. The molecule has 0 spiro atoms. The van der Waals surface area contributed by atoms with Gasteiger partial charge in [-0.05, 0) is 70.6 Å². The van der Waals surface area contributed by atoms with Crippen molar-refractivity contribution in [1.29, 1.82) is 0 Å². The fourth-order valence-electron chi connectivity index (χ4n) is 7.38. The molecule has 0 amide bonds. The first kappa shape index (κ1) is 27.9. The number of nitrogens with zero attached hydrogens (tertiary/aromatic N) is 1. The zero-order valence-corrected chi connectivity index (χ0v) is 27.3. The first-order chi connectivity index (χ1) is 24.3. The molecule has 0 unspecified atom stereocenters. The highest BCUT2D eigenvalue weighted by Crippen LogP contribution is 2.45. The molecule has 8 aromatic carbocycles. The normalized spacial score (nSPS) is 11.7. The summed E-state index contributed by atoms with van der Waals surface area (Å²) in [6.45, 7) is 0. The lowest BCUT2D eigenvalue weighted by Gasteiger charge is -2.29. The highest BCUT2D eigenvalue weighted by Gasteiger charge is 2.20. The van der Waals surface area contributed by atoms with Crippen LogP contribution in [0.4, 0.5) is 17.1 Å². The van der Waals surface area contributed by atoms with Gasteiger partial charge in [0.05, 0.1) is 11.4 Å². The highest BCUT2D eigenvalue weighted by atomic mass is 32.1. The molecular formula is C46H29NOS. The Hall–Kier alpha value is -6.16. The molecule has 3 heteroatoms. The van der Waals surface area contributed by atoms with Crippen LogP contribution in [0.2, 0.25) is 0 Å². The van der Waals surface area contributed by atoms with E-state index in [2.05, 4.69) is 169 Å². The lowest BCUT2D eigenvalue weighted by Crippen LogP contribution is -2.11. The van der Waals surface area contributed by atoms with Gasteiger partial charge in [0.2, 0.25) is 0 Å². The summed E-state index contributed by atoms with van der Waals surface area (Å²) >= 11 is 1.87. The summed E-state index contributed by atoms with van der Waals surface area (Å²) in [6.07, 6.45) is 0. The average Bonchev–Trinajstić information content (AvgIpc) is 3.74. The van der Waals surface area contributed by atoms with Gasteiger partial charge in [-0.3, -0.25) is 0 Å². The molecule has 0 aliphatic carbocycles. The van der Waals surface area contributed by atoms with Crippen molar-refractivity contribution in [3.63, 3.8) is 0 Å². The van der Waals surface area contributed by atoms with Crippen LogP contribution in [-0.4, -0.2) is 0 Å². The molecule has 49 heavy (non-hydrogen) atoms. The predicted molar refractivity (Wildman–Crippen MR) is 210 cm³/mol. The summed E-state index contributed by atoms with van der Waals surface area (Å²) in [5.74, 6) is 0. The van der Waals surface area contributed by atoms with Crippen LogP contribution in [0.1, 0.15) is 0 Å². The Morgan fingerprint density at radius 1 is 0.408 bits per heavy atom. The largest absolute Gasteiger partial charge is 0.456 e. The SMILES string of the molecule is c1ccc(N(c2ccc(-c3cccc4c3sc3ccccc34)cc2)c2cccc3ccccc23)c(-c2ccc3c(c2)oc2ccccc23)c1. The van der Waals surface area contributed by atoms with Gasteiger partial charge in [0.1, 0.15) is 11.2 Å². The quantitative estimate of drug-likeness (QED) is 0.186. The fourth-order valence-corrected chi connectivity index (χ4v) is 8.62. The van der Waals surface area contributed by atoms with Crippen LogP contribution in [0.5, 0.6) is 0 Å². The lowest BCUT2D eigenvalue weighted by atomic mass is 9.98. The molecule has 0 fully saturated rings. The number of fused-ring (bicyclic) bond motifs is 7. The molecule has 0 saturated carbocycles. The molecule has 0 N–H and O–H groups in total. The minimum Gasteiger partial charge on any atom is -0.456 e. The zero-order chi connectivity index (χ0) is 32.3. The maximum Gasteiger partial charge on any atom is 0.136 e. The van der Waals surface area contributed by atoms with E-state index in [0.29, 0.717) is 0 Å². The molecule has 2 nitrogen and oxygen atoms in total. The molecule has 0 aliphatic rings. The number of anilines is 3. The summed E-state index contributed by atoms with van der Waals surface area (Å²) in [4.78, 5) is 2.41. The Morgan fingerprint density at radius 2 is 1.04 bits per heavy atom. The minimum atomic E-state index is 0.894. The van der Waals surface area contributed by atoms with Crippen LogP contribution in [-0.2, 0) is 0 Å². The molecular weight excluding hydrogens is 615 g/mol. The Labute approximate surface area is 287 Å². The monoisotopic (exact) mass is 643 g/mol. The van der Waals surface area contributed by atoms with E-state index in [0.717, 1.165) is 50.1 Å². The van der Waals surface area contributed by atoms with Gasteiger partial charge in [0, 0.05) is 47.6 Å². The summed E-state index contributed by atoms with van der Waals surface area (Å²) in [6, 6.07) is 63.2. The van der Waals surface area contributed by atoms with Gasteiger partial charge in [-0.2, -0.15) is 0 Å². The third kappa shape index (κ3) is 4.55. The molecule has 10 rings (SSSR count). The van der Waals surface area contributed by atoms with E-state index in [1.807, 2.05) is 23.5 Å². The Kier molecular flexibility index (Phi) is 6.39. The molecule has 0 bridgehead atoms. The topological polar surface area (TPSA) is 16.4 Å². The molecule has 0 aliphatic heterocycles. The Balaban J connectivity index is 1.15. The second-order valence-electron chi connectivity index (χ2n) is 12.5. The van der Waals surface area contributed by atoms with Crippen LogP contribution in [0.3, 0.4) is 0 Å². The van der Waals surface area contributed by atoms with Crippen molar-refractivity contribution in [1.82, 2.24) is 0 Å². The van der Waals surface area contributed by atoms with Crippen LogP contribution in [0.25, 0.3) is 75.1 Å². The molecule has 0 atom stereocenters. The van der Waals surface area contributed by atoms with Crippen LogP contribution >= 0.6 is 11.3 Å². The molecule has 0 radical (unpaired) electrons. The second kappa shape index (κ2) is 11.2. The van der Waals surface area contributed by atoms with Gasteiger partial charge < -0.3 is 9.32 Å². The van der Waals surface area contributed by atoms with Gasteiger partial charge in [-0.25, -0.2) is 0 Å². The van der Waals surface area contributed by atoms with Crippen LogP contribution in [0, 0.1) is 0 Å². The third-order valence-electron chi connectivity index (χ3n) is 9.68. The zero-order valence-electron chi connectivity index (χ0n) is 26.5. The molecule has 0 saturated heterocycles. The number of hydrogen-bond donors (Lipinski definition) is 0. The van der Waals surface area contributed by atoms with Crippen molar-refractivity contribution in [3.8, 4) is 22.3 Å². The number of benzene rings is 8. The summed E-state index contributed by atoms with van der Waals surface area (Å²) < 4.78 is 8.98. The van der Waals surface area contributed by atoms with Crippen molar-refractivity contribution in [2.24, 2.45) is 0 Å². The fraction of sp³-hybridized carbons (Fsp3) is 0. The van der Waals surface area contributed by atoms with Crippen molar-refractivity contribution in [2.45, 2.75) is 0 Å². The summed E-state index contributed by atoms with van der Waals surface area (Å²) in [5.41, 5.74) is 9.86. The maximum absolute atomic E-state index is 6.33. The average molecular weight is 644 g/mol. The van der Waals surface area contributed by atoms with Gasteiger partial charge >= 0.3 is 0 Å².